The van der Waals surface area contributed by atoms with Gasteiger partial charge in [0, 0.05) is 12.5 Å². The fraction of sp³-hybridized carbons (Fsp3) is 0.474. The fourth-order valence-electron chi connectivity index (χ4n) is 3.19. The van der Waals surface area contributed by atoms with Gasteiger partial charge in [0.1, 0.15) is 0 Å². The van der Waals surface area contributed by atoms with Crippen LogP contribution in [0.25, 0.3) is 0 Å². The Hall–Kier alpha value is -2.10. The average molecular weight is 312 g/mol. The first-order valence-corrected chi connectivity index (χ1v) is 8.47. The molecule has 4 heteroatoms. The monoisotopic (exact) mass is 312 g/mol. The van der Waals surface area contributed by atoms with Gasteiger partial charge in [0.15, 0.2) is 0 Å². The van der Waals surface area contributed by atoms with Gasteiger partial charge in [-0.15, -0.1) is 0 Å². The molecule has 0 amide bonds. The second kappa shape index (κ2) is 6.57. The van der Waals surface area contributed by atoms with Crippen LogP contribution in [0.1, 0.15) is 61.5 Å². The summed E-state index contributed by atoms with van der Waals surface area (Å²) in [5, 5.41) is 4.53. The first kappa shape index (κ1) is 15.8. The number of esters is 1. The Morgan fingerprint density at radius 2 is 2.00 bits per heavy atom. The van der Waals surface area contributed by atoms with E-state index < -0.39 is 0 Å². The molecule has 1 unspecified atom stereocenters. The van der Waals surface area contributed by atoms with Gasteiger partial charge in [0.25, 0.3) is 0 Å². The van der Waals surface area contributed by atoms with Crippen LogP contribution in [0, 0.1) is 6.92 Å². The highest BCUT2D eigenvalue weighted by Crippen LogP contribution is 2.29. The number of aryl methyl sites for hydroxylation is 3. The van der Waals surface area contributed by atoms with E-state index >= 15 is 0 Å². The molecule has 2 aromatic rings. The maximum absolute atomic E-state index is 11.6. The molecule has 0 fully saturated rings. The smallest absolute Gasteiger partial charge is 0.312 e. The number of rotatable bonds is 4. The average Bonchev–Trinajstić information content (AvgIpc) is 2.93. The molecule has 1 aliphatic carbocycles. The van der Waals surface area contributed by atoms with Crippen LogP contribution in [-0.2, 0) is 17.6 Å². The van der Waals surface area contributed by atoms with E-state index in [0.29, 0.717) is 12.3 Å². The van der Waals surface area contributed by atoms with Crippen LogP contribution in [0.4, 0.5) is 0 Å². The van der Waals surface area contributed by atoms with Crippen molar-refractivity contribution < 1.29 is 9.53 Å². The van der Waals surface area contributed by atoms with Gasteiger partial charge in [0.2, 0.25) is 5.88 Å². The van der Waals surface area contributed by atoms with Crippen molar-refractivity contribution >= 4 is 5.97 Å². The molecule has 1 heterocycles. The van der Waals surface area contributed by atoms with Gasteiger partial charge in [-0.3, -0.25) is 4.79 Å². The number of hydrogen-bond acceptors (Lipinski definition) is 3. The molecule has 3 rings (SSSR count). The van der Waals surface area contributed by atoms with E-state index in [4.69, 9.17) is 4.74 Å². The number of nitrogens with zero attached hydrogens (tertiary/aromatic N) is 2. The minimum atomic E-state index is -0.233. The molecule has 1 atom stereocenters. The molecule has 1 aliphatic rings. The Morgan fingerprint density at radius 3 is 2.74 bits per heavy atom. The Kier molecular flexibility index (Phi) is 4.51. The molecule has 0 N–H and O–H groups in total. The summed E-state index contributed by atoms with van der Waals surface area (Å²) in [5.74, 6) is 0.295. The van der Waals surface area contributed by atoms with E-state index in [9.17, 15) is 4.79 Å². The van der Waals surface area contributed by atoms with Gasteiger partial charge in [-0.1, -0.05) is 25.1 Å². The van der Waals surface area contributed by atoms with Gasteiger partial charge >= 0.3 is 5.97 Å². The topological polar surface area (TPSA) is 44.1 Å². The summed E-state index contributed by atoms with van der Waals surface area (Å²) in [4.78, 5) is 11.6. The molecule has 4 nitrogen and oxygen atoms in total. The SMILES string of the molecule is CCC(=O)Oc1cc(C)nn1C(C)c1ccc2c(c1)CCCC2. The number of hydrogen-bond donors (Lipinski definition) is 0. The normalized spacial score (nSPS) is 15.1. The lowest BCUT2D eigenvalue weighted by atomic mass is 9.89. The highest BCUT2D eigenvalue weighted by molar-refractivity contribution is 5.71. The van der Waals surface area contributed by atoms with Crippen molar-refractivity contribution in [2.24, 2.45) is 0 Å². The van der Waals surface area contributed by atoms with Crippen LogP contribution in [0.2, 0.25) is 0 Å². The van der Waals surface area contributed by atoms with Crippen molar-refractivity contribution in [2.75, 3.05) is 0 Å². The van der Waals surface area contributed by atoms with E-state index in [1.54, 1.807) is 6.92 Å². The van der Waals surface area contributed by atoms with Gasteiger partial charge in [-0.25, -0.2) is 4.68 Å². The lowest BCUT2D eigenvalue weighted by molar-refractivity contribution is -0.134. The largest absolute Gasteiger partial charge is 0.408 e. The van der Waals surface area contributed by atoms with E-state index in [-0.39, 0.29) is 12.0 Å². The lowest BCUT2D eigenvalue weighted by Crippen LogP contribution is -2.15. The predicted octanol–water partition coefficient (Wildman–Crippen LogP) is 4.00. The molecule has 0 saturated heterocycles. The first-order valence-electron chi connectivity index (χ1n) is 8.47. The van der Waals surface area contributed by atoms with Gasteiger partial charge in [0.05, 0.1) is 11.7 Å². The molecule has 0 bridgehead atoms. The summed E-state index contributed by atoms with van der Waals surface area (Å²) in [7, 11) is 0. The zero-order valence-electron chi connectivity index (χ0n) is 14.1. The summed E-state index contributed by atoms with van der Waals surface area (Å²) in [6.07, 6.45) is 5.26. The van der Waals surface area contributed by atoms with Gasteiger partial charge in [-0.2, -0.15) is 5.10 Å². The Morgan fingerprint density at radius 1 is 1.26 bits per heavy atom. The summed E-state index contributed by atoms with van der Waals surface area (Å²) in [6, 6.07) is 8.58. The van der Waals surface area contributed by atoms with Crippen LogP contribution in [-0.4, -0.2) is 15.7 Å². The van der Waals surface area contributed by atoms with Gasteiger partial charge < -0.3 is 4.74 Å². The Balaban J connectivity index is 1.91. The third-order valence-corrected chi connectivity index (χ3v) is 4.55. The minimum Gasteiger partial charge on any atom is -0.408 e. The van der Waals surface area contributed by atoms with Gasteiger partial charge in [-0.05, 0) is 56.2 Å². The molecule has 0 aliphatic heterocycles. The second-order valence-electron chi connectivity index (χ2n) is 6.31. The maximum Gasteiger partial charge on any atom is 0.312 e. The second-order valence-corrected chi connectivity index (χ2v) is 6.31. The highest BCUT2D eigenvalue weighted by Gasteiger charge is 2.19. The number of aromatic nitrogens is 2. The van der Waals surface area contributed by atoms with Crippen molar-refractivity contribution in [1.29, 1.82) is 0 Å². The Bertz CT molecular complexity index is 718. The molecule has 23 heavy (non-hydrogen) atoms. The maximum atomic E-state index is 11.6. The van der Waals surface area contributed by atoms with Crippen LogP contribution in [0.5, 0.6) is 5.88 Å². The van der Waals surface area contributed by atoms with E-state index in [2.05, 4.69) is 30.2 Å². The van der Waals surface area contributed by atoms with Crippen LogP contribution in [0.3, 0.4) is 0 Å². The lowest BCUT2D eigenvalue weighted by Gasteiger charge is -2.20. The van der Waals surface area contributed by atoms with Crippen molar-refractivity contribution in [3.05, 3.63) is 46.6 Å². The summed E-state index contributed by atoms with van der Waals surface area (Å²) < 4.78 is 7.25. The summed E-state index contributed by atoms with van der Waals surface area (Å²) in [5.41, 5.74) is 4.99. The van der Waals surface area contributed by atoms with E-state index in [1.807, 2.05) is 17.7 Å². The summed E-state index contributed by atoms with van der Waals surface area (Å²) >= 11 is 0. The molecule has 0 saturated carbocycles. The number of fused-ring (bicyclic) bond motifs is 1. The number of carbonyl (C=O) groups is 1. The van der Waals surface area contributed by atoms with Crippen LogP contribution >= 0.6 is 0 Å². The standard InChI is InChI=1S/C19H24N2O2/c1-4-19(22)23-18-11-13(2)20-21(18)14(3)16-10-9-15-7-5-6-8-17(15)12-16/h9-12,14H,4-8H2,1-3H3. The third kappa shape index (κ3) is 3.31. The van der Waals surface area contributed by atoms with Crippen molar-refractivity contribution in [3.8, 4) is 5.88 Å². The molecule has 0 radical (unpaired) electrons. The Labute approximate surface area is 137 Å². The van der Waals surface area contributed by atoms with E-state index in [1.165, 1.54) is 36.0 Å². The molecule has 1 aromatic carbocycles. The quantitative estimate of drug-likeness (QED) is 0.802. The molecular formula is C19H24N2O2. The first-order chi connectivity index (χ1) is 11.1. The number of benzene rings is 1. The third-order valence-electron chi connectivity index (χ3n) is 4.55. The minimum absolute atomic E-state index is 0.0376. The highest BCUT2D eigenvalue weighted by atomic mass is 16.5. The number of ether oxygens (including phenoxy) is 1. The fourth-order valence-corrected chi connectivity index (χ4v) is 3.19. The molecule has 0 spiro atoms. The van der Waals surface area contributed by atoms with Crippen LogP contribution < -0.4 is 4.74 Å². The zero-order chi connectivity index (χ0) is 16.4. The number of carbonyl (C=O) groups excluding carboxylic acids is 1. The zero-order valence-corrected chi connectivity index (χ0v) is 14.1. The molecule has 1 aromatic heterocycles. The molecular weight excluding hydrogens is 288 g/mol. The predicted molar refractivity (Wildman–Crippen MR) is 89.8 cm³/mol. The molecule has 122 valence electrons. The van der Waals surface area contributed by atoms with E-state index in [0.717, 1.165) is 12.1 Å². The summed E-state index contributed by atoms with van der Waals surface area (Å²) in [6.45, 7) is 5.81. The van der Waals surface area contributed by atoms with Crippen molar-refractivity contribution in [1.82, 2.24) is 9.78 Å². The van der Waals surface area contributed by atoms with Crippen LogP contribution in [0.15, 0.2) is 24.3 Å². The van der Waals surface area contributed by atoms with Crippen molar-refractivity contribution in [2.45, 2.75) is 58.9 Å². The van der Waals surface area contributed by atoms with Crippen molar-refractivity contribution in [3.63, 3.8) is 0 Å².